The number of imide groups is 1. The van der Waals surface area contributed by atoms with E-state index in [9.17, 15) is 9.59 Å². The molecule has 3 nitrogen and oxygen atoms in total. The van der Waals surface area contributed by atoms with Gasteiger partial charge in [-0.25, -0.2) is 0 Å². The second-order valence-corrected chi connectivity index (χ2v) is 4.08. The minimum Gasteiger partial charge on any atom is -0.274 e. The third-order valence-corrected chi connectivity index (χ3v) is 3.41. The van der Waals surface area contributed by atoms with Gasteiger partial charge >= 0.3 is 0 Å². The van der Waals surface area contributed by atoms with Crippen molar-refractivity contribution in [3.8, 4) is 12.3 Å². The number of rotatable bonds is 3. The molecule has 0 aliphatic carbocycles. The zero-order chi connectivity index (χ0) is 11.6. The average Bonchev–Trinajstić information content (AvgIpc) is 2.50. The summed E-state index contributed by atoms with van der Waals surface area (Å²) in [5.41, 5.74) is -0.498. The van der Waals surface area contributed by atoms with E-state index in [4.69, 9.17) is 6.42 Å². The summed E-state index contributed by atoms with van der Waals surface area (Å²) in [6, 6.07) is -0.426. The van der Waals surface area contributed by atoms with Crippen molar-refractivity contribution in [1.29, 1.82) is 0 Å². The van der Waals surface area contributed by atoms with Crippen molar-refractivity contribution < 1.29 is 9.59 Å². The van der Waals surface area contributed by atoms with Gasteiger partial charge in [0.2, 0.25) is 11.8 Å². The van der Waals surface area contributed by atoms with Crippen molar-refractivity contribution in [3.05, 3.63) is 0 Å². The van der Waals surface area contributed by atoms with Crippen LogP contribution < -0.4 is 0 Å². The van der Waals surface area contributed by atoms with Crippen LogP contribution in [0.4, 0.5) is 0 Å². The lowest BCUT2D eigenvalue weighted by molar-refractivity contribution is -0.142. The van der Waals surface area contributed by atoms with Crippen molar-refractivity contribution >= 4 is 11.8 Å². The third-order valence-electron chi connectivity index (χ3n) is 3.41. The van der Waals surface area contributed by atoms with Gasteiger partial charge in [-0.2, -0.15) is 0 Å². The van der Waals surface area contributed by atoms with E-state index in [1.54, 1.807) is 6.92 Å². The number of hydrogen-bond acceptors (Lipinski definition) is 2. The molecule has 82 valence electrons. The highest BCUT2D eigenvalue weighted by Crippen LogP contribution is 2.39. The molecular formula is C12H17NO2. The standard InChI is InChI=1S/C12H17NO2/c1-5-9(4)13-10(14)8-12(6-2,7-3)11(13)15/h1,9H,6-8H2,2-4H3. The van der Waals surface area contributed by atoms with E-state index in [0.29, 0.717) is 19.3 Å². The number of carbonyl (C=O) groups is 2. The Morgan fingerprint density at radius 2 is 2.00 bits per heavy atom. The van der Waals surface area contributed by atoms with Gasteiger partial charge in [0.05, 0.1) is 11.5 Å². The molecule has 1 unspecified atom stereocenters. The van der Waals surface area contributed by atoms with Crippen molar-refractivity contribution in [2.24, 2.45) is 5.41 Å². The molecular weight excluding hydrogens is 190 g/mol. The maximum absolute atomic E-state index is 12.1. The number of hydrogen-bond donors (Lipinski definition) is 0. The lowest BCUT2D eigenvalue weighted by Gasteiger charge is -2.24. The molecule has 0 aromatic heterocycles. The van der Waals surface area contributed by atoms with Crippen molar-refractivity contribution in [2.75, 3.05) is 0 Å². The van der Waals surface area contributed by atoms with Crippen LogP contribution in [-0.4, -0.2) is 22.8 Å². The van der Waals surface area contributed by atoms with Crippen molar-refractivity contribution in [3.63, 3.8) is 0 Å². The number of amides is 2. The number of likely N-dealkylation sites (tertiary alicyclic amines) is 1. The maximum atomic E-state index is 12.1. The molecule has 0 aromatic carbocycles. The molecule has 1 fully saturated rings. The van der Waals surface area contributed by atoms with Crippen LogP contribution in [0, 0.1) is 17.8 Å². The van der Waals surface area contributed by atoms with Gasteiger partial charge in [0.25, 0.3) is 0 Å². The summed E-state index contributed by atoms with van der Waals surface area (Å²) in [5, 5.41) is 0. The van der Waals surface area contributed by atoms with Crippen LogP contribution in [0.15, 0.2) is 0 Å². The average molecular weight is 207 g/mol. The molecule has 15 heavy (non-hydrogen) atoms. The molecule has 0 spiro atoms. The third kappa shape index (κ3) is 1.65. The topological polar surface area (TPSA) is 37.4 Å². The molecule has 1 heterocycles. The predicted octanol–water partition coefficient (Wildman–Crippen LogP) is 1.57. The Morgan fingerprint density at radius 3 is 2.33 bits per heavy atom. The molecule has 3 heteroatoms. The second-order valence-electron chi connectivity index (χ2n) is 4.08. The van der Waals surface area contributed by atoms with E-state index in [0.717, 1.165) is 0 Å². The second kappa shape index (κ2) is 4.06. The van der Waals surface area contributed by atoms with Gasteiger partial charge in [0.1, 0.15) is 0 Å². The van der Waals surface area contributed by atoms with Crippen LogP contribution >= 0.6 is 0 Å². The molecule has 0 radical (unpaired) electrons. The van der Waals surface area contributed by atoms with Gasteiger partial charge in [0.15, 0.2) is 0 Å². The zero-order valence-electron chi connectivity index (χ0n) is 9.54. The molecule has 1 aliphatic rings. The first-order valence-electron chi connectivity index (χ1n) is 5.35. The van der Waals surface area contributed by atoms with Gasteiger partial charge in [-0.05, 0) is 19.8 Å². The van der Waals surface area contributed by atoms with Crippen LogP contribution in [0.5, 0.6) is 0 Å². The Kier molecular flexibility index (Phi) is 3.18. The van der Waals surface area contributed by atoms with Crippen LogP contribution in [0.2, 0.25) is 0 Å². The van der Waals surface area contributed by atoms with E-state index < -0.39 is 11.5 Å². The Hall–Kier alpha value is -1.30. The molecule has 0 aromatic rings. The first-order chi connectivity index (χ1) is 7.02. The van der Waals surface area contributed by atoms with Crippen LogP contribution in [0.1, 0.15) is 40.0 Å². The number of nitrogens with zero attached hydrogens (tertiary/aromatic N) is 1. The summed E-state index contributed by atoms with van der Waals surface area (Å²) >= 11 is 0. The first kappa shape index (κ1) is 11.8. The number of terminal acetylenes is 1. The van der Waals surface area contributed by atoms with E-state index in [1.807, 2.05) is 13.8 Å². The molecule has 1 saturated heterocycles. The highest BCUT2D eigenvalue weighted by Gasteiger charge is 2.50. The van der Waals surface area contributed by atoms with Crippen molar-refractivity contribution in [1.82, 2.24) is 4.90 Å². The minimum absolute atomic E-state index is 0.0945. The monoisotopic (exact) mass is 207 g/mol. The highest BCUT2D eigenvalue weighted by atomic mass is 16.2. The SMILES string of the molecule is C#CC(C)N1C(=O)CC(CC)(CC)C1=O. The summed E-state index contributed by atoms with van der Waals surface area (Å²) in [6.45, 7) is 5.59. The molecule has 0 saturated carbocycles. The Bertz CT molecular complexity index is 323. The molecule has 1 aliphatic heterocycles. The van der Waals surface area contributed by atoms with Gasteiger partial charge in [-0.15, -0.1) is 6.42 Å². The summed E-state index contributed by atoms with van der Waals surface area (Å²) in [6.07, 6.45) is 6.95. The van der Waals surface area contributed by atoms with E-state index >= 15 is 0 Å². The molecule has 2 amide bonds. The van der Waals surface area contributed by atoms with Gasteiger partial charge in [-0.3, -0.25) is 14.5 Å². The Balaban J connectivity index is 3.03. The summed E-state index contributed by atoms with van der Waals surface area (Å²) in [5.74, 6) is 2.21. The van der Waals surface area contributed by atoms with E-state index in [2.05, 4.69) is 5.92 Å². The fourth-order valence-electron chi connectivity index (χ4n) is 2.09. The first-order valence-corrected chi connectivity index (χ1v) is 5.35. The van der Waals surface area contributed by atoms with Gasteiger partial charge in [-0.1, -0.05) is 19.8 Å². The minimum atomic E-state index is -0.498. The van der Waals surface area contributed by atoms with Gasteiger partial charge < -0.3 is 0 Å². The van der Waals surface area contributed by atoms with Crippen molar-refractivity contribution in [2.45, 2.75) is 46.1 Å². The highest BCUT2D eigenvalue weighted by molar-refractivity contribution is 6.06. The van der Waals surface area contributed by atoms with Crippen LogP contribution in [0.25, 0.3) is 0 Å². The lowest BCUT2D eigenvalue weighted by Crippen LogP contribution is -2.40. The maximum Gasteiger partial charge on any atom is 0.236 e. The zero-order valence-corrected chi connectivity index (χ0v) is 9.54. The smallest absolute Gasteiger partial charge is 0.236 e. The largest absolute Gasteiger partial charge is 0.274 e. The lowest BCUT2D eigenvalue weighted by atomic mass is 9.81. The Morgan fingerprint density at radius 1 is 1.47 bits per heavy atom. The van der Waals surface area contributed by atoms with Crippen LogP contribution in [-0.2, 0) is 9.59 Å². The summed E-state index contributed by atoms with van der Waals surface area (Å²) in [4.78, 5) is 25.1. The van der Waals surface area contributed by atoms with Crippen LogP contribution in [0.3, 0.4) is 0 Å². The molecule has 0 N–H and O–H groups in total. The quantitative estimate of drug-likeness (QED) is 0.520. The summed E-state index contributed by atoms with van der Waals surface area (Å²) < 4.78 is 0. The molecule has 1 atom stereocenters. The fourth-order valence-corrected chi connectivity index (χ4v) is 2.09. The number of carbonyl (C=O) groups excluding carboxylic acids is 2. The molecule has 0 bridgehead atoms. The van der Waals surface area contributed by atoms with E-state index in [-0.39, 0.29) is 11.8 Å². The molecule has 1 rings (SSSR count). The Labute approximate surface area is 90.8 Å². The van der Waals surface area contributed by atoms with Gasteiger partial charge in [0, 0.05) is 6.42 Å². The van der Waals surface area contributed by atoms with E-state index in [1.165, 1.54) is 4.90 Å². The normalized spacial score (nSPS) is 21.6. The fraction of sp³-hybridized carbons (Fsp3) is 0.667. The predicted molar refractivity (Wildman–Crippen MR) is 57.8 cm³/mol. The summed E-state index contributed by atoms with van der Waals surface area (Å²) in [7, 11) is 0.